The number of para-hydroxylation sites is 1. The van der Waals surface area contributed by atoms with Gasteiger partial charge in [-0.1, -0.05) is 6.07 Å². The molecule has 2 saturated heterocycles. The van der Waals surface area contributed by atoms with Gasteiger partial charge in [0.1, 0.15) is 0 Å². The number of benzene rings is 1. The summed E-state index contributed by atoms with van der Waals surface area (Å²) in [5, 5.41) is 7.42. The van der Waals surface area contributed by atoms with Gasteiger partial charge in [0.05, 0.1) is 19.3 Å². The molecule has 0 aliphatic carbocycles. The number of amides is 1. The van der Waals surface area contributed by atoms with E-state index in [-0.39, 0.29) is 5.91 Å². The second-order valence-corrected chi connectivity index (χ2v) is 7.52. The quantitative estimate of drug-likeness (QED) is 0.616. The van der Waals surface area contributed by atoms with Gasteiger partial charge in [0, 0.05) is 52.4 Å². The third-order valence-electron chi connectivity index (χ3n) is 5.33. The van der Waals surface area contributed by atoms with Gasteiger partial charge >= 0.3 is 0 Å². The number of nitrogens with zero attached hydrogens (tertiary/aromatic N) is 2. The topological polar surface area (TPSA) is 115 Å². The number of aliphatic carboxylic acids is 1. The van der Waals surface area contributed by atoms with E-state index >= 15 is 0 Å². The van der Waals surface area contributed by atoms with Crippen molar-refractivity contribution in [1.82, 2.24) is 9.80 Å². The lowest BCUT2D eigenvalue weighted by Crippen LogP contribution is -2.53. The maximum Gasteiger partial charge on any atom is 0.300 e. The molecule has 0 atom stereocenters. The van der Waals surface area contributed by atoms with Crippen LogP contribution in [0.1, 0.15) is 36.5 Å². The van der Waals surface area contributed by atoms with E-state index in [1.54, 1.807) is 7.11 Å². The van der Waals surface area contributed by atoms with Crippen molar-refractivity contribution in [3.63, 3.8) is 0 Å². The van der Waals surface area contributed by atoms with E-state index < -0.39 is 5.97 Å². The Morgan fingerprint density at radius 1 is 1.19 bits per heavy atom. The van der Waals surface area contributed by atoms with Crippen molar-refractivity contribution in [3.05, 3.63) is 23.8 Å². The number of hydrogen-bond acceptors (Lipinski definition) is 7. The number of nitrogens with two attached hydrogens (primary N) is 1. The highest BCUT2D eigenvalue weighted by Crippen LogP contribution is 2.32. The van der Waals surface area contributed by atoms with Gasteiger partial charge in [-0.15, -0.1) is 0 Å². The fraction of sp³-hybridized carbons (Fsp3) is 0.636. The molecule has 2 heterocycles. The van der Waals surface area contributed by atoms with Crippen LogP contribution in [0.2, 0.25) is 0 Å². The lowest BCUT2D eigenvalue weighted by molar-refractivity contribution is -0.134. The van der Waals surface area contributed by atoms with Crippen LogP contribution in [0, 0.1) is 0 Å². The Morgan fingerprint density at radius 3 is 2.42 bits per heavy atom. The van der Waals surface area contributed by atoms with Gasteiger partial charge in [-0.3, -0.25) is 14.5 Å². The van der Waals surface area contributed by atoms with E-state index in [9.17, 15) is 4.79 Å². The number of rotatable bonds is 7. The standard InChI is InChI=1S/C20H31N3O4.C2H4O2/c1-25-18-5-2-4-17(19(18)27-13-3-8-21)20(24)23-11-9-22(10-12-23)16-6-14-26-15-7-16;1-2(3)4/h2,4-5,16H,3,6-15,21H2,1H3;1H3,(H,3,4). The zero-order chi connectivity index (χ0) is 22.6. The molecule has 174 valence electrons. The van der Waals surface area contributed by atoms with E-state index in [0.29, 0.717) is 36.3 Å². The van der Waals surface area contributed by atoms with Crippen LogP contribution in [-0.4, -0.2) is 92.5 Å². The third kappa shape index (κ3) is 7.68. The molecule has 31 heavy (non-hydrogen) atoms. The molecule has 0 saturated carbocycles. The normalized spacial score (nSPS) is 17.5. The minimum absolute atomic E-state index is 0.00303. The average molecular weight is 438 g/mol. The Balaban J connectivity index is 0.000000785. The second kappa shape index (κ2) is 13.1. The molecule has 3 rings (SSSR count). The molecule has 2 fully saturated rings. The van der Waals surface area contributed by atoms with E-state index in [0.717, 1.165) is 65.6 Å². The van der Waals surface area contributed by atoms with Crippen molar-refractivity contribution in [2.45, 2.75) is 32.2 Å². The number of carbonyl (C=O) groups is 2. The average Bonchev–Trinajstić information content (AvgIpc) is 2.79. The molecular weight excluding hydrogens is 402 g/mol. The van der Waals surface area contributed by atoms with Crippen molar-refractivity contribution < 1.29 is 28.9 Å². The molecule has 1 aromatic rings. The van der Waals surface area contributed by atoms with E-state index in [4.69, 9.17) is 29.8 Å². The van der Waals surface area contributed by atoms with E-state index in [1.165, 1.54) is 0 Å². The Morgan fingerprint density at radius 2 is 1.84 bits per heavy atom. The van der Waals surface area contributed by atoms with Gasteiger partial charge in [0.2, 0.25) is 0 Å². The molecule has 0 spiro atoms. The Hall–Kier alpha value is -2.36. The molecule has 1 amide bonds. The summed E-state index contributed by atoms with van der Waals surface area (Å²) in [6.45, 7) is 7.06. The second-order valence-electron chi connectivity index (χ2n) is 7.52. The molecule has 2 aliphatic heterocycles. The summed E-state index contributed by atoms with van der Waals surface area (Å²) in [5.41, 5.74) is 6.11. The first-order valence-corrected chi connectivity index (χ1v) is 10.8. The summed E-state index contributed by atoms with van der Waals surface area (Å²) in [6, 6.07) is 6.05. The first-order valence-electron chi connectivity index (χ1n) is 10.8. The number of carboxylic acids is 1. The third-order valence-corrected chi connectivity index (χ3v) is 5.33. The van der Waals surface area contributed by atoms with Crippen LogP contribution >= 0.6 is 0 Å². The van der Waals surface area contributed by atoms with Crippen molar-refractivity contribution >= 4 is 11.9 Å². The predicted molar refractivity (Wildman–Crippen MR) is 117 cm³/mol. The summed E-state index contributed by atoms with van der Waals surface area (Å²) >= 11 is 0. The SMILES string of the molecule is CC(=O)O.COc1cccc(C(=O)N2CCN(C3CCOCC3)CC2)c1OCCCN. The molecule has 2 aliphatic rings. The fourth-order valence-electron chi connectivity index (χ4n) is 3.76. The first kappa shape index (κ1) is 24.9. The van der Waals surface area contributed by atoms with Gasteiger partial charge in [0.25, 0.3) is 11.9 Å². The number of carboxylic acid groups (broad SMARTS) is 1. The first-order chi connectivity index (χ1) is 15.0. The zero-order valence-corrected chi connectivity index (χ0v) is 18.5. The van der Waals surface area contributed by atoms with E-state index in [2.05, 4.69) is 4.90 Å². The Bertz CT molecular complexity index is 696. The zero-order valence-electron chi connectivity index (χ0n) is 18.5. The smallest absolute Gasteiger partial charge is 0.300 e. The summed E-state index contributed by atoms with van der Waals surface area (Å²) in [7, 11) is 1.59. The lowest BCUT2D eigenvalue weighted by atomic mass is 10.1. The molecule has 0 radical (unpaired) electrons. The van der Waals surface area contributed by atoms with Crippen molar-refractivity contribution in [1.29, 1.82) is 0 Å². The highest BCUT2D eigenvalue weighted by molar-refractivity contribution is 5.98. The summed E-state index contributed by atoms with van der Waals surface area (Å²) < 4.78 is 16.7. The van der Waals surface area contributed by atoms with Crippen LogP contribution in [0.15, 0.2) is 18.2 Å². The molecular formula is C22H35N3O6. The van der Waals surface area contributed by atoms with Crippen LogP contribution in [0.3, 0.4) is 0 Å². The van der Waals surface area contributed by atoms with Crippen molar-refractivity contribution in [2.75, 3.05) is 59.7 Å². The molecule has 9 nitrogen and oxygen atoms in total. The number of hydrogen-bond donors (Lipinski definition) is 2. The highest BCUT2D eigenvalue weighted by Gasteiger charge is 2.29. The van der Waals surface area contributed by atoms with Gasteiger partial charge in [-0.2, -0.15) is 0 Å². The monoisotopic (exact) mass is 437 g/mol. The molecule has 3 N–H and O–H groups in total. The number of methoxy groups -OCH3 is 1. The minimum Gasteiger partial charge on any atom is -0.493 e. The van der Waals surface area contributed by atoms with Crippen molar-refractivity contribution in [2.24, 2.45) is 5.73 Å². The van der Waals surface area contributed by atoms with Crippen LogP contribution in [0.4, 0.5) is 0 Å². The van der Waals surface area contributed by atoms with Gasteiger partial charge in [-0.25, -0.2) is 0 Å². The van der Waals surface area contributed by atoms with Crippen LogP contribution in [0.5, 0.6) is 11.5 Å². The van der Waals surface area contributed by atoms with Gasteiger partial charge in [-0.05, 0) is 37.9 Å². The van der Waals surface area contributed by atoms with Gasteiger partial charge in [0.15, 0.2) is 11.5 Å². The largest absolute Gasteiger partial charge is 0.493 e. The molecule has 1 aromatic carbocycles. The fourth-order valence-corrected chi connectivity index (χ4v) is 3.76. The molecule has 0 aromatic heterocycles. The summed E-state index contributed by atoms with van der Waals surface area (Å²) in [4.78, 5) is 26.5. The summed E-state index contributed by atoms with van der Waals surface area (Å²) in [5.74, 6) is 0.271. The minimum atomic E-state index is -0.833. The van der Waals surface area contributed by atoms with Crippen molar-refractivity contribution in [3.8, 4) is 11.5 Å². The lowest BCUT2D eigenvalue weighted by Gasteiger charge is -2.40. The Kier molecular flexibility index (Phi) is 10.6. The predicted octanol–water partition coefficient (Wildman–Crippen LogP) is 1.45. The number of carbonyl (C=O) groups excluding carboxylic acids is 1. The van der Waals surface area contributed by atoms with Crippen LogP contribution in [-0.2, 0) is 9.53 Å². The molecule has 9 heteroatoms. The molecule has 0 bridgehead atoms. The van der Waals surface area contributed by atoms with Gasteiger partial charge < -0.3 is 30.0 Å². The van der Waals surface area contributed by atoms with Crippen LogP contribution < -0.4 is 15.2 Å². The number of ether oxygens (including phenoxy) is 3. The maximum absolute atomic E-state index is 13.1. The van der Waals surface area contributed by atoms with Crippen LogP contribution in [0.25, 0.3) is 0 Å². The molecule has 0 unspecified atom stereocenters. The highest BCUT2D eigenvalue weighted by atomic mass is 16.5. The maximum atomic E-state index is 13.1. The summed E-state index contributed by atoms with van der Waals surface area (Å²) in [6.07, 6.45) is 2.90. The number of piperazine rings is 1. The Labute approximate surface area is 184 Å². The van der Waals surface area contributed by atoms with E-state index in [1.807, 2.05) is 23.1 Å².